The fourth-order valence-electron chi connectivity index (χ4n) is 1.04. The monoisotopic (exact) mass is 189 g/mol. The molecule has 0 aromatic heterocycles. The fourth-order valence-corrected chi connectivity index (χ4v) is 1.04. The zero-order valence-corrected chi connectivity index (χ0v) is 7.02. The predicted molar refractivity (Wildman–Crippen MR) is 42.1 cm³/mol. The van der Waals surface area contributed by atoms with Gasteiger partial charge < -0.3 is 25.4 Å². The predicted octanol–water partition coefficient (Wildman–Crippen LogP) is -1.18. The van der Waals surface area contributed by atoms with Crippen LogP contribution in [0.5, 0.6) is 0 Å². The van der Waals surface area contributed by atoms with Gasteiger partial charge in [-0.05, 0) is 7.05 Å². The first-order chi connectivity index (χ1) is 6.07. The highest BCUT2D eigenvalue weighted by molar-refractivity contribution is 5.89. The Morgan fingerprint density at radius 3 is 2.62 bits per heavy atom. The number of rotatable bonds is 3. The van der Waals surface area contributed by atoms with Gasteiger partial charge in [0.25, 0.3) is 0 Å². The van der Waals surface area contributed by atoms with E-state index in [9.17, 15) is 9.90 Å². The van der Waals surface area contributed by atoms with Crippen LogP contribution in [-0.2, 0) is 9.53 Å². The molecule has 13 heavy (non-hydrogen) atoms. The van der Waals surface area contributed by atoms with Crippen molar-refractivity contribution < 1.29 is 24.9 Å². The Bertz CT molecular complexity index is 249. The van der Waals surface area contributed by atoms with E-state index in [0.717, 1.165) is 0 Å². The summed E-state index contributed by atoms with van der Waals surface area (Å²) in [4.78, 5) is 10.7. The molecule has 1 aliphatic heterocycles. The lowest BCUT2D eigenvalue weighted by Crippen LogP contribution is -2.36. The first kappa shape index (κ1) is 9.82. The minimum atomic E-state index is -1.17. The van der Waals surface area contributed by atoms with Crippen molar-refractivity contribution in [3.63, 3.8) is 0 Å². The molecule has 4 N–H and O–H groups in total. The van der Waals surface area contributed by atoms with Crippen LogP contribution in [0.1, 0.15) is 0 Å². The van der Waals surface area contributed by atoms with Crippen LogP contribution >= 0.6 is 0 Å². The van der Waals surface area contributed by atoms with Gasteiger partial charge in [-0.2, -0.15) is 0 Å². The zero-order chi connectivity index (χ0) is 10.0. The summed E-state index contributed by atoms with van der Waals surface area (Å²) < 4.78 is 4.50. The SMILES string of the molecule is CNC[C@@H](O)[C@H]1OC(=O)C(O)=C1O. The second-order valence-electron chi connectivity index (χ2n) is 2.68. The minimum absolute atomic E-state index is 0.148. The summed E-state index contributed by atoms with van der Waals surface area (Å²) in [5.74, 6) is -2.47. The maximum absolute atomic E-state index is 10.7. The number of likely N-dealkylation sites (N-methyl/N-ethyl adjacent to an activating group) is 1. The number of carbonyl (C=O) groups excluding carboxylic acids is 1. The summed E-state index contributed by atoms with van der Waals surface area (Å²) >= 11 is 0. The summed E-state index contributed by atoms with van der Waals surface area (Å²) in [6, 6.07) is 0. The first-order valence-electron chi connectivity index (χ1n) is 3.73. The van der Waals surface area contributed by atoms with Crippen molar-refractivity contribution >= 4 is 5.97 Å². The van der Waals surface area contributed by atoms with E-state index in [0.29, 0.717) is 0 Å². The van der Waals surface area contributed by atoms with Gasteiger partial charge in [-0.15, -0.1) is 0 Å². The maximum Gasteiger partial charge on any atom is 0.377 e. The van der Waals surface area contributed by atoms with E-state index >= 15 is 0 Å². The number of nitrogens with one attached hydrogen (secondary N) is 1. The summed E-state index contributed by atoms with van der Waals surface area (Å²) in [5.41, 5.74) is 0. The van der Waals surface area contributed by atoms with Crippen LogP contribution in [0.2, 0.25) is 0 Å². The number of carbonyl (C=O) groups is 1. The molecule has 0 unspecified atom stereocenters. The number of ether oxygens (including phenoxy) is 1. The van der Waals surface area contributed by atoms with Crippen molar-refractivity contribution in [2.24, 2.45) is 0 Å². The van der Waals surface area contributed by atoms with Crippen LogP contribution < -0.4 is 5.32 Å². The Balaban J connectivity index is 2.70. The number of cyclic esters (lactones) is 1. The third-order valence-corrected chi connectivity index (χ3v) is 1.70. The Morgan fingerprint density at radius 1 is 1.62 bits per heavy atom. The van der Waals surface area contributed by atoms with E-state index < -0.39 is 29.7 Å². The molecule has 6 nitrogen and oxygen atoms in total. The highest BCUT2D eigenvalue weighted by Crippen LogP contribution is 2.20. The van der Waals surface area contributed by atoms with Gasteiger partial charge in [-0.3, -0.25) is 0 Å². The van der Waals surface area contributed by atoms with Crippen LogP contribution in [0.15, 0.2) is 11.5 Å². The molecule has 0 radical (unpaired) electrons. The second kappa shape index (κ2) is 3.63. The van der Waals surface area contributed by atoms with Crippen LogP contribution in [-0.4, -0.2) is 47.1 Å². The maximum atomic E-state index is 10.7. The van der Waals surface area contributed by atoms with Crippen molar-refractivity contribution in [2.45, 2.75) is 12.2 Å². The van der Waals surface area contributed by atoms with E-state index in [-0.39, 0.29) is 6.54 Å². The number of aliphatic hydroxyl groups is 3. The number of aliphatic hydroxyl groups excluding tert-OH is 3. The number of hydrogen-bond acceptors (Lipinski definition) is 6. The van der Waals surface area contributed by atoms with E-state index in [1.807, 2.05) is 0 Å². The molecule has 0 saturated carbocycles. The molecule has 0 aromatic rings. The van der Waals surface area contributed by atoms with Crippen LogP contribution in [0, 0.1) is 0 Å². The smallest absolute Gasteiger partial charge is 0.377 e. The average Bonchev–Trinajstić information content (AvgIpc) is 2.33. The molecule has 0 saturated heterocycles. The molecule has 74 valence electrons. The summed E-state index contributed by atoms with van der Waals surface area (Å²) in [5, 5.41) is 29.9. The molecule has 0 spiro atoms. The Hall–Kier alpha value is -1.27. The molecule has 2 atom stereocenters. The summed E-state index contributed by atoms with van der Waals surface area (Å²) in [7, 11) is 1.60. The van der Waals surface area contributed by atoms with Crippen molar-refractivity contribution in [3.05, 3.63) is 11.5 Å². The largest absolute Gasteiger partial charge is 0.505 e. The summed E-state index contributed by atoms with van der Waals surface area (Å²) in [6.07, 6.45) is -2.24. The number of esters is 1. The van der Waals surface area contributed by atoms with Gasteiger partial charge in [0, 0.05) is 6.54 Å². The zero-order valence-electron chi connectivity index (χ0n) is 7.02. The molecule has 0 bridgehead atoms. The van der Waals surface area contributed by atoms with Gasteiger partial charge in [0.15, 0.2) is 11.9 Å². The van der Waals surface area contributed by atoms with E-state index in [1.54, 1.807) is 7.05 Å². The molecular weight excluding hydrogens is 178 g/mol. The van der Waals surface area contributed by atoms with Crippen molar-refractivity contribution in [1.82, 2.24) is 5.32 Å². The van der Waals surface area contributed by atoms with E-state index in [4.69, 9.17) is 10.2 Å². The van der Waals surface area contributed by atoms with E-state index in [1.165, 1.54) is 0 Å². The molecule has 0 fully saturated rings. The third-order valence-electron chi connectivity index (χ3n) is 1.70. The third kappa shape index (κ3) is 1.73. The van der Waals surface area contributed by atoms with Crippen molar-refractivity contribution in [2.75, 3.05) is 13.6 Å². The van der Waals surface area contributed by atoms with Crippen LogP contribution in [0.4, 0.5) is 0 Å². The topological polar surface area (TPSA) is 99.0 Å². The van der Waals surface area contributed by atoms with Gasteiger partial charge in [0.1, 0.15) is 6.10 Å². The highest BCUT2D eigenvalue weighted by atomic mass is 16.6. The Labute approximate surface area is 74.4 Å². The van der Waals surface area contributed by atoms with Gasteiger partial charge in [-0.25, -0.2) is 4.79 Å². The van der Waals surface area contributed by atoms with Gasteiger partial charge >= 0.3 is 5.97 Å². The lowest BCUT2D eigenvalue weighted by molar-refractivity contribution is -0.146. The summed E-state index contributed by atoms with van der Waals surface area (Å²) in [6.45, 7) is 0.148. The Kier molecular flexibility index (Phi) is 2.74. The molecule has 1 aliphatic rings. The van der Waals surface area contributed by atoms with Crippen molar-refractivity contribution in [1.29, 1.82) is 0 Å². The molecule has 1 heterocycles. The molecule has 0 aromatic carbocycles. The molecule has 1 rings (SSSR count). The molecular formula is C7H11NO5. The van der Waals surface area contributed by atoms with Crippen molar-refractivity contribution in [3.8, 4) is 0 Å². The quantitative estimate of drug-likeness (QED) is 0.417. The highest BCUT2D eigenvalue weighted by Gasteiger charge is 2.38. The molecule has 0 aliphatic carbocycles. The fraction of sp³-hybridized carbons (Fsp3) is 0.571. The molecule has 6 heteroatoms. The first-order valence-corrected chi connectivity index (χ1v) is 3.73. The molecule has 0 amide bonds. The minimum Gasteiger partial charge on any atom is -0.505 e. The van der Waals surface area contributed by atoms with Gasteiger partial charge in [-0.1, -0.05) is 0 Å². The van der Waals surface area contributed by atoms with Crippen LogP contribution in [0.25, 0.3) is 0 Å². The van der Waals surface area contributed by atoms with E-state index in [2.05, 4.69) is 10.1 Å². The van der Waals surface area contributed by atoms with Crippen LogP contribution in [0.3, 0.4) is 0 Å². The van der Waals surface area contributed by atoms with Gasteiger partial charge in [0.05, 0.1) is 0 Å². The van der Waals surface area contributed by atoms with Gasteiger partial charge in [0.2, 0.25) is 5.76 Å². The Morgan fingerprint density at radius 2 is 2.23 bits per heavy atom. The average molecular weight is 189 g/mol. The normalized spacial score (nSPS) is 24.8. The number of hydrogen-bond donors (Lipinski definition) is 4. The lowest BCUT2D eigenvalue weighted by Gasteiger charge is -2.16. The lowest BCUT2D eigenvalue weighted by atomic mass is 10.2. The second-order valence-corrected chi connectivity index (χ2v) is 2.68. The standard InChI is InChI=1S/C7H11NO5/c1-8-2-3(9)6-4(10)5(11)7(12)13-6/h3,6,8-11H,2H2,1H3/t3-,6-/m1/s1.